The number of hydrogen-bond donors (Lipinski definition) is 2. The van der Waals surface area contributed by atoms with Crippen LogP contribution in [-0.2, 0) is 9.53 Å². The molecule has 1 aromatic rings. The smallest absolute Gasteiger partial charge is 0.238 e. The third-order valence-corrected chi connectivity index (χ3v) is 2.94. The average Bonchev–Trinajstić information content (AvgIpc) is 2.40. The molecule has 0 atom stereocenters. The maximum absolute atomic E-state index is 11.9. The van der Waals surface area contributed by atoms with Crippen LogP contribution in [0.25, 0.3) is 0 Å². The molecule has 1 saturated heterocycles. The predicted octanol–water partition coefficient (Wildman–Crippen LogP) is 0.999. The lowest BCUT2D eigenvalue weighted by atomic mass is 10.2. The fourth-order valence-electron chi connectivity index (χ4n) is 1.96. The van der Waals surface area contributed by atoms with E-state index in [4.69, 9.17) is 4.74 Å². The van der Waals surface area contributed by atoms with Gasteiger partial charge in [-0.15, -0.1) is 0 Å². The van der Waals surface area contributed by atoms with Crippen LogP contribution >= 0.6 is 0 Å². The summed E-state index contributed by atoms with van der Waals surface area (Å²) in [6, 6.07) is 7.67. The molecule has 1 aliphatic heterocycles. The zero-order valence-electron chi connectivity index (χ0n) is 10.6. The Labute approximate surface area is 107 Å². The number of amides is 1. The molecule has 5 nitrogen and oxygen atoms in total. The first-order chi connectivity index (χ1) is 8.79. The first-order valence-electron chi connectivity index (χ1n) is 6.16. The Bertz CT molecular complexity index is 403. The van der Waals surface area contributed by atoms with Crippen LogP contribution in [0.15, 0.2) is 24.3 Å². The number of benzene rings is 1. The van der Waals surface area contributed by atoms with Crippen LogP contribution in [0.4, 0.5) is 11.4 Å². The molecular formula is C13H19N3O2. The minimum Gasteiger partial charge on any atom is -0.386 e. The van der Waals surface area contributed by atoms with Crippen LogP contribution in [0.2, 0.25) is 0 Å². The molecule has 0 aromatic heterocycles. The summed E-state index contributed by atoms with van der Waals surface area (Å²) in [6.45, 7) is 3.48. The maximum Gasteiger partial charge on any atom is 0.238 e. The summed E-state index contributed by atoms with van der Waals surface area (Å²) < 4.78 is 5.25. The molecule has 1 aliphatic rings. The summed E-state index contributed by atoms with van der Waals surface area (Å²) in [7, 11) is 1.84. The lowest BCUT2D eigenvalue weighted by Gasteiger charge is -2.25. The van der Waals surface area contributed by atoms with Gasteiger partial charge < -0.3 is 15.4 Å². The Morgan fingerprint density at radius 2 is 1.94 bits per heavy atom. The van der Waals surface area contributed by atoms with E-state index >= 15 is 0 Å². The van der Waals surface area contributed by atoms with Crippen molar-refractivity contribution in [2.24, 2.45) is 0 Å². The highest BCUT2D eigenvalue weighted by atomic mass is 16.5. The number of rotatable bonds is 4. The molecule has 1 fully saturated rings. The highest BCUT2D eigenvalue weighted by Gasteiger charge is 2.14. The van der Waals surface area contributed by atoms with Crippen LogP contribution in [0.3, 0.4) is 0 Å². The molecule has 0 bridgehead atoms. The van der Waals surface area contributed by atoms with E-state index in [1.54, 1.807) is 0 Å². The van der Waals surface area contributed by atoms with E-state index in [0.717, 1.165) is 24.5 Å². The van der Waals surface area contributed by atoms with Crippen molar-refractivity contribution in [3.63, 3.8) is 0 Å². The molecule has 98 valence electrons. The largest absolute Gasteiger partial charge is 0.386 e. The average molecular weight is 249 g/mol. The van der Waals surface area contributed by atoms with Gasteiger partial charge in [-0.2, -0.15) is 0 Å². The minimum atomic E-state index is 0.0135. The topological polar surface area (TPSA) is 53.6 Å². The van der Waals surface area contributed by atoms with E-state index in [2.05, 4.69) is 15.5 Å². The molecule has 2 N–H and O–H groups in total. The van der Waals surface area contributed by atoms with E-state index in [1.165, 1.54) is 0 Å². The van der Waals surface area contributed by atoms with Crippen molar-refractivity contribution in [2.75, 3.05) is 50.5 Å². The Balaban J connectivity index is 1.90. The number of carbonyl (C=O) groups excluding carboxylic acids is 1. The second kappa shape index (κ2) is 6.37. The lowest BCUT2D eigenvalue weighted by molar-refractivity contribution is -0.118. The van der Waals surface area contributed by atoms with Gasteiger partial charge >= 0.3 is 0 Å². The SMILES string of the molecule is CNc1ccccc1NC(=O)CN1CCOCC1. The van der Waals surface area contributed by atoms with Gasteiger partial charge in [-0.1, -0.05) is 12.1 Å². The standard InChI is InChI=1S/C13H19N3O2/c1-14-11-4-2-3-5-12(11)15-13(17)10-16-6-8-18-9-7-16/h2-5,14H,6-10H2,1H3,(H,15,17). The molecule has 0 spiro atoms. The summed E-state index contributed by atoms with van der Waals surface area (Å²) in [4.78, 5) is 14.0. The number of nitrogens with one attached hydrogen (secondary N) is 2. The van der Waals surface area contributed by atoms with Crippen LogP contribution in [-0.4, -0.2) is 50.7 Å². The van der Waals surface area contributed by atoms with Gasteiger partial charge in [0.15, 0.2) is 0 Å². The second-order valence-electron chi connectivity index (χ2n) is 4.23. The third kappa shape index (κ3) is 3.45. The molecule has 2 rings (SSSR count). The zero-order chi connectivity index (χ0) is 12.8. The number of carbonyl (C=O) groups is 1. The number of anilines is 2. The monoisotopic (exact) mass is 249 g/mol. The van der Waals surface area contributed by atoms with Crippen molar-refractivity contribution < 1.29 is 9.53 Å². The van der Waals surface area contributed by atoms with Gasteiger partial charge in [-0.3, -0.25) is 9.69 Å². The molecule has 18 heavy (non-hydrogen) atoms. The summed E-state index contributed by atoms with van der Waals surface area (Å²) in [6.07, 6.45) is 0. The highest BCUT2D eigenvalue weighted by molar-refractivity contribution is 5.95. The summed E-state index contributed by atoms with van der Waals surface area (Å²) in [5.74, 6) is 0.0135. The molecule has 0 aliphatic carbocycles. The summed E-state index contributed by atoms with van der Waals surface area (Å²) in [5, 5.41) is 5.98. The van der Waals surface area contributed by atoms with Gasteiger partial charge in [0.2, 0.25) is 5.91 Å². The van der Waals surface area contributed by atoms with Gasteiger partial charge in [0, 0.05) is 20.1 Å². The Hall–Kier alpha value is -1.59. The molecule has 1 heterocycles. The fraction of sp³-hybridized carbons (Fsp3) is 0.462. The van der Waals surface area contributed by atoms with Crippen molar-refractivity contribution in [2.45, 2.75) is 0 Å². The maximum atomic E-state index is 11.9. The van der Waals surface area contributed by atoms with Crippen molar-refractivity contribution in [1.29, 1.82) is 0 Å². The fourth-order valence-corrected chi connectivity index (χ4v) is 1.96. The quantitative estimate of drug-likeness (QED) is 0.836. The number of para-hydroxylation sites is 2. The molecule has 0 unspecified atom stereocenters. The number of nitrogens with zero attached hydrogens (tertiary/aromatic N) is 1. The highest BCUT2D eigenvalue weighted by Crippen LogP contribution is 2.19. The number of hydrogen-bond acceptors (Lipinski definition) is 4. The van der Waals surface area contributed by atoms with Crippen LogP contribution < -0.4 is 10.6 Å². The lowest BCUT2D eigenvalue weighted by Crippen LogP contribution is -2.41. The van der Waals surface area contributed by atoms with Crippen molar-refractivity contribution in [3.05, 3.63) is 24.3 Å². The Morgan fingerprint density at radius 1 is 1.28 bits per heavy atom. The van der Waals surface area contributed by atoms with Crippen molar-refractivity contribution in [1.82, 2.24) is 4.90 Å². The van der Waals surface area contributed by atoms with E-state index in [9.17, 15) is 4.79 Å². The molecule has 1 aromatic carbocycles. The van der Waals surface area contributed by atoms with Crippen LogP contribution in [0.5, 0.6) is 0 Å². The van der Waals surface area contributed by atoms with Gasteiger partial charge in [-0.25, -0.2) is 0 Å². The van der Waals surface area contributed by atoms with Crippen molar-refractivity contribution >= 4 is 17.3 Å². The first kappa shape index (κ1) is 12.9. The van der Waals surface area contributed by atoms with E-state index < -0.39 is 0 Å². The van der Waals surface area contributed by atoms with Gasteiger partial charge in [0.05, 0.1) is 31.1 Å². The molecule has 1 amide bonds. The summed E-state index contributed by atoms with van der Waals surface area (Å²) in [5.41, 5.74) is 1.74. The van der Waals surface area contributed by atoms with Crippen LogP contribution in [0.1, 0.15) is 0 Å². The first-order valence-corrected chi connectivity index (χ1v) is 6.16. The van der Waals surface area contributed by atoms with Gasteiger partial charge in [0.1, 0.15) is 0 Å². The zero-order valence-corrected chi connectivity index (χ0v) is 10.6. The molecule has 0 saturated carbocycles. The second-order valence-corrected chi connectivity index (χ2v) is 4.23. The number of ether oxygens (including phenoxy) is 1. The minimum absolute atomic E-state index is 0.0135. The summed E-state index contributed by atoms with van der Waals surface area (Å²) >= 11 is 0. The third-order valence-electron chi connectivity index (χ3n) is 2.94. The Kier molecular flexibility index (Phi) is 4.55. The number of morpholine rings is 1. The van der Waals surface area contributed by atoms with E-state index in [1.807, 2.05) is 31.3 Å². The normalized spacial score (nSPS) is 16.3. The predicted molar refractivity (Wildman–Crippen MR) is 71.9 cm³/mol. The van der Waals surface area contributed by atoms with Crippen molar-refractivity contribution in [3.8, 4) is 0 Å². The van der Waals surface area contributed by atoms with Gasteiger partial charge in [0.25, 0.3) is 0 Å². The molecular weight excluding hydrogens is 230 g/mol. The van der Waals surface area contributed by atoms with E-state index in [0.29, 0.717) is 19.8 Å². The Morgan fingerprint density at radius 3 is 2.61 bits per heavy atom. The van der Waals surface area contributed by atoms with E-state index in [-0.39, 0.29) is 5.91 Å². The molecule has 5 heteroatoms. The van der Waals surface area contributed by atoms with Gasteiger partial charge in [-0.05, 0) is 12.1 Å². The van der Waals surface area contributed by atoms with Crippen LogP contribution in [0, 0.1) is 0 Å². The molecule has 0 radical (unpaired) electrons.